The molecule has 1 N–H and O–H groups in total. The summed E-state index contributed by atoms with van der Waals surface area (Å²) < 4.78 is 29.9. The number of hydrogen-bond acceptors (Lipinski definition) is 3. The van der Waals surface area contributed by atoms with E-state index in [9.17, 15) is 13.2 Å². The van der Waals surface area contributed by atoms with Crippen molar-refractivity contribution < 1.29 is 13.2 Å². The van der Waals surface area contributed by atoms with Gasteiger partial charge in [-0.15, -0.1) is 3.77 Å². The van der Waals surface area contributed by atoms with Gasteiger partial charge in [0.1, 0.15) is 0 Å². The summed E-state index contributed by atoms with van der Waals surface area (Å²) in [5.74, 6) is 0.455. The number of hydrogen-bond donors (Lipinski definition) is 1. The lowest BCUT2D eigenvalue weighted by atomic mass is 10.0. The Morgan fingerprint density at radius 2 is 1.74 bits per heavy atom. The highest BCUT2D eigenvalue weighted by atomic mass is 32.3. The Bertz CT molecular complexity index is 772. The monoisotopic (exact) mass is 412 g/mol. The molecule has 0 bridgehead atoms. The Morgan fingerprint density at radius 1 is 1.15 bits per heavy atom. The molecule has 1 atom stereocenters. The van der Waals surface area contributed by atoms with Crippen LogP contribution in [0.25, 0.3) is 0 Å². The third-order valence-electron chi connectivity index (χ3n) is 4.50. The number of benzene rings is 1. The molecule has 1 aromatic carbocycles. The van der Waals surface area contributed by atoms with Gasteiger partial charge in [0, 0.05) is 23.0 Å². The average molecular weight is 413 g/mol. The number of nitrogens with zero attached hydrogens (tertiary/aromatic N) is 1. The number of amides is 1. The fourth-order valence-electron chi connectivity index (χ4n) is 3.16. The molecule has 1 saturated carbocycles. The molecule has 1 aliphatic rings. The number of aryl methyl sites for hydroxylation is 1. The van der Waals surface area contributed by atoms with Crippen molar-refractivity contribution in [3.8, 4) is 0 Å². The van der Waals surface area contributed by atoms with Crippen LogP contribution in [0.1, 0.15) is 64.9 Å². The van der Waals surface area contributed by atoms with Gasteiger partial charge < -0.3 is 5.32 Å². The standard InChI is InChI=1S/C20H32N2O3S2/c1-16-10-12-18(13-11-16)27(24,25)22-26(17-8-6-5-7-9-17)15-14-19(23)21-20(2,3)4/h10-13,17H,5-9,14-15H2,1-4H3,(H,21,23). The molecule has 1 amide bonds. The molecule has 0 aliphatic heterocycles. The van der Waals surface area contributed by atoms with Crippen LogP contribution in [0.2, 0.25) is 0 Å². The van der Waals surface area contributed by atoms with Crippen molar-refractivity contribution in [1.82, 2.24) is 5.32 Å². The molecule has 0 heterocycles. The summed E-state index contributed by atoms with van der Waals surface area (Å²) >= 11 is 0. The van der Waals surface area contributed by atoms with Gasteiger partial charge in [-0.05, 0) is 52.7 Å². The van der Waals surface area contributed by atoms with Crippen molar-refractivity contribution in [3.63, 3.8) is 0 Å². The maximum absolute atomic E-state index is 12.8. The van der Waals surface area contributed by atoms with E-state index in [1.165, 1.54) is 6.42 Å². The second kappa shape index (κ2) is 9.32. The summed E-state index contributed by atoms with van der Waals surface area (Å²) in [5, 5.41) is 3.22. The minimum Gasteiger partial charge on any atom is -0.351 e. The molecule has 1 aliphatic carbocycles. The van der Waals surface area contributed by atoms with E-state index in [1.807, 2.05) is 27.7 Å². The second-order valence-corrected chi connectivity index (χ2v) is 12.2. The molecular weight excluding hydrogens is 380 g/mol. The van der Waals surface area contributed by atoms with Gasteiger partial charge in [0.2, 0.25) is 5.91 Å². The fourth-order valence-corrected chi connectivity index (χ4v) is 7.38. The zero-order valence-corrected chi connectivity index (χ0v) is 18.5. The van der Waals surface area contributed by atoms with Crippen LogP contribution in [-0.4, -0.2) is 30.9 Å². The van der Waals surface area contributed by atoms with Gasteiger partial charge >= 0.3 is 0 Å². The zero-order chi connectivity index (χ0) is 20.1. The summed E-state index contributed by atoms with van der Waals surface area (Å²) in [4.78, 5) is 12.5. The Labute approximate surface area is 166 Å². The lowest BCUT2D eigenvalue weighted by molar-refractivity contribution is -0.122. The van der Waals surface area contributed by atoms with Gasteiger partial charge in [0.15, 0.2) is 0 Å². The van der Waals surface area contributed by atoms with Crippen LogP contribution in [0.15, 0.2) is 32.9 Å². The van der Waals surface area contributed by atoms with Gasteiger partial charge in [0.05, 0.1) is 4.90 Å². The van der Waals surface area contributed by atoms with E-state index in [-0.39, 0.29) is 21.6 Å². The van der Waals surface area contributed by atoms with Crippen LogP contribution < -0.4 is 5.32 Å². The SMILES string of the molecule is Cc1ccc(S(=O)(=O)N=S(CCC(=O)NC(C)(C)C)C2CCCCC2)cc1. The smallest absolute Gasteiger partial charge is 0.287 e. The summed E-state index contributed by atoms with van der Waals surface area (Å²) in [6.45, 7) is 7.75. The van der Waals surface area contributed by atoms with E-state index < -0.39 is 20.7 Å². The van der Waals surface area contributed by atoms with Gasteiger partial charge in [-0.25, -0.2) is 0 Å². The molecule has 1 unspecified atom stereocenters. The van der Waals surface area contributed by atoms with E-state index >= 15 is 0 Å². The lowest BCUT2D eigenvalue weighted by Gasteiger charge is -2.25. The van der Waals surface area contributed by atoms with Crippen molar-refractivity contribution in [3.05, 3.63) is 29.8 Å². The summed E-state index contributed by atoms with van der Waals surface area (Å²) in [6, 6.07) is 6.81. The maximum Gasteiger partial charge on any atom is 0.287 e. The first kappa shape index (κ1) is 22.1. The van der Waals surface area contributed by atoms with E-state index in [2.05, 4.69) is 9.08 Å². The second-order valence-electron chi connectivity index (χ2n) is 8.28. The topological polar surface area (TPSA) is 75.6 Å². The molecule has 1 aromatic rings. The minimum absolute atomic E-state index is 0.0428. The van der Waals surface area contributed by atoms with E-state index in [0.29, 0.717) is 12.2 Å². The third kappa shape index (κ3) is 7.37. The quantitative estimate of drug-likeness (QED) is 0.763. The van der Waals surface area contributed by atoms with Crippen LogP contribution in [0, 0.1) is 6.92 Å². The predicted octanol–water partition coefficient (Wildman–Crippen LogP) is 4.12. The Balaban J connectivity index is 2.21. The molecule has 0 saturated heterocycles. The molecule has 0 aromatic heterocycles. The molecule has 7 heteroatoms. The molecule has 5 nitrogen and oxygen atoms in total. The molecule has 27 heavy (non-hydrogen) atoms. The van der Waals surface area contributed by atoms with Crippen molar-refractivity contribution >= 4 is 26.6 Å². The highest BCUT2D eigenvalue weighted by Gasteiger charge is 2.23. The first-order valence-electron chi connectivity index (χ1n) is 9.62. The number of nitrogens with one attached hydrogen (secondary N) is 1. The third-order valence-corrected chi connectivity index (χ3v) is 8.78. The predicted molar refractivity (Wildman–Crippen MR) is 112 cm³/mol. The van der Waals surface area contributed by atoms with Gasteiger partial charge in [-0.3, -0.25) is 4.79 Å². The first-order chi connectivity index (χ1) is 12.6. The Morgan fingerprint density at radius 3 is 2.30 bits per heavy atom. The number of rotatable bonds is 6. The maximum atomic E-state index is 12.8. The molecule has 0 radical (unpaired) electrons. The van der Waals surface area contributed by atoms with E-state index in [1.54, 1.807) is 24.3 Å². The Kier molecular flexibility index (Phi) is 7.63. The van der Waals surface area contributed by atoms with Crippen molar-refractivity contribution in [2.45, 2.75) is 81.9 Å². The van der Waals surface area contributed by atoms with Crippen LogP contribution >= 0.6 is 0 Å². The van der Waals surface area contributed by atoms with Gasteiger partial charge in [-0.1, -0.05) is 47.6 Å². The van der Waals surface area contributed by atoms with Gasteiger partial charge in [0.25, 0.3) is 10.0 Å². The van der Waals surface area contributed by atoms with Crippen LogP contribution in [0.3, 0.4) is 0 Å². The van der Waals surface area contributed by atoms with Crippen LogP contribution in [-0.2, 0) is 25.5 Å². The average Bonchev–Trinajstić information content (AvgIpc) is 2.58. The number of sulfonamides is 1. The molecular formula is C20H32N2O3S2. The largest absolute Gasteiger partial charge is 0.351 e. The fraction of sp³-hybridized carbons (Fsp3) is 0.650. The summed E-state index contributed by atoms with van der Waals surface area (Å²) in [5.41, 5.74) is 0.727. The molecule has 152 valence electrons. The van der Waals surface area contributed by atoms with Gasteiger partial charge in [-0.2, -0.15) is 8.42 Å². The van der Waals surface area contributed by atoms with E-state index in [0.717, 1.165) is 31.2 Å². The molecule has 0 spiro atoms. The highest BCUT2D eigenvalue weighted by molar-refractivity contribution is 8.00. The molecule has 1 fully saturated rings. The number of carbonyl (C=O) groups is 1. The lowest BCUT2D eigenvalue weighted by Crippen LogP contribution is -2.41. The van der Waals surface area contributed by atoms with Crippen LogP contribution in [0.5, 0.6) is 0 Å². The summed E-state index contributed by atoms with van der Waals surface area (Å²) in [6.07, 6.45) is 5.73. The van der Waals surface area contributed by atoms with Crippen molar-refractivity contribution in [2.75, 3.05) is 5.75 Å². The highest BCUT2D eigenvalue weighted by Crippen LogP contribution is 2.26. The van der Waals surface area contributed by atoms with Crippen LogP contribution in [0.4, 0.5) is 0 Å². The van der Waals surface area contributed by atoms with Crippen molar-refractivity contribution in [2.24, 2.45) is 3.77 Å². The van der Waals surface area contributed by atoms with Crippen molar-refractivity contribution in [1.29, 1.82) is 0 Å². The number of carbonyl (C=O) groups excluding carboxylic acids is 1. The minimum atomic E-state index is -3.70. The Hall–Kier alpha value is -1.21. The first-order valence-corrected chi connectivity index (χ1v) is 12.5. The molecule has 2 rings (SSSR count). The normalized spacial score (nSPS) is 17.6. The summed E-state index contributed by atoms with van der Waals surface area (Å²) in [7, 11) is -4.36. The zero-order valence-electron chi connectivity index (χ0n) is 16.8. The van der Waals surface area contributed by atoms with E-state index in [4.69, 9.17) is 0 Å².